The predicted molar refractivity (Wildman–Crippen MR) is 82.4 cm³/mol. The van der Waals surface area contributed by atoms with Gasteiger partial charge in [0.25, 0.3) is 0 Å². The minimum atomic E-state index is -1.39. The van der Waals surface area contributed by atoms with Gasteiger partial charge in [-0.3, -0.25) is 15.0 Å². The molecule has 0 aromatic carbocycles. The largest absolute Gasteiger partial charge is 1.00 e. The summed E-state index contributed by atoms with van der Waals surface area (Å²) in [5.74, 6) is -1.79. The number of hydrogen-bond acceptors (Lipinski definition) is 4. The summed E-state index contributed by atoms with van der Waals surface area (Å²) < 4.78 is 0. The summed E-state index contributed by atoms with van der Waals surface area (Å²) in [6, 6.07) is -1.17. The average Bonchev–Trinajstić information content (AvgIpc) is 2.50. The summed E-state index contributed by atoms with van der Waals surface area (Å²) in [7, 11) is 0. The van der Waals surface area contributed by atoms with Gasteiger partial charge in [0.2, 0.25) is 12.3 Å². The number of carbonyl (C=O) groups is 3. The molecule has 0 fully saturated rings. The van der Waals surface area contributed by atoms with Crippen LogP contribution in [0.2, 0.25) is 0 Å². The van der Waals surface area contributed by atoms with Crippen LogP contribution in [-0.2, 0) is 14.4 Å². The number of hydrogen-bond donors (Lipinski definition) is 1. The number of amides is 2. The molecule has 0 aliphatic heterocycles. The third-order valence-electron chi connectivity index (χ3n) is 3.68. The molecular formula is C16H29N2NaO4. The van der Waals surface area contributed by atoms with Gasteiger partial charge >= 0.3 is 29.6 Å². The van der Waals surface area contributed by atoms with E-state index in [1.807, 2.05) is 0 Å². The van der Waals surface area contributed by atoms with Gasteiger partial charge in [-0.05, 0) is 13.3 Å². The first-order valence-corrected chi connectivity index (χ1v) is 8.27. The molecule has 0 saturated carbocycles. The number of nitrogens with one attached hydrogen (secondary N) is 1. The van der Waals surface area contributed by atoms with Crippen LogP contribution in [-0.4, -0.2) is 29.3 Å². The van der Waals surface area contributed by atoms with Crippen molar-refractivity contribution in [3.63, 3.8) is 0 Å². The van der Waals surface area contributed by atoms with E-state index < -0.39 is 17.9 Å². The summed E-state index contributed by atoms with van der Waals surface area (Å²) in [4.78, 5) is 33.1. The van der Waals surface area contributed by atoms with Crippen molar-refractivity contribution in [1.82, 2.24) is 10.4 Å². The standard InChI is InChI=1S/C16H30N2O4.Na/c1-3-4-5-6-7-8-9-10-11-12-15(20)18(17-13-19)14(2)16(21)22;/h13-14H,3-12H2,1-2H3,(H,17,19)(H,21,22);/q;+1/p-1/t14-;/m0./s1. The minimum absolute atomic E-state index is 0. The second kappa shape index (κ2) is 16.3. The van der Waals surface area contributed by atoms with E-state index in [1.54, 1.807) is 0 Å². The zero-order valence-electron chi connectivity index (χ0n) is 14.8. The number of nitrogens with zero attached hydrogens (tertiary/aromatic N) is 1. The van der Waals surface area contributed by atoms with Gasteiger partial charge in [0, 0.05) is 6.42 Å². The first kappa shape index (κ1) is 24.7. The van der Waals surface area contributed by atoms with E-state index in [9.17, 15) is 19.5 Å². The third-order valence-corrected chi connectivity index (χ3v) is 3.68. The summed E-state index contributed by atoms with van der Waals surface area (Å²) in [5.41, 5.74) is 2.13. The van der Waals surface area contributed by atoms with E-state index in [2.05, 4.69) is 12.3 Å². The molecule has 23 heavy (non-hydrogen) atoms. The van der Waals surface area contributed by atoms with E-state index in [0.717, 1.165) is 17.9 Å². The molecule has 0 radical (unpaired) electrons. The summed E-state index contributed by atoms with van der Waals surface area (Å²) >= 11 is 0. The van der Waals surface area contributed by atoms with Crippen LogP contribution >= 0.6 is 0 Å². The van der Waals surface area contributed by atoms with Crippen molar-refractivity contribution in [2.75, 3.05) is 0 Å². The van der Waals surface area contributed by atoms with Gasteiger partial charge in [-0.25, -0.2) is 5.01 Å². The van der Waals surface area contributed by atoms with Gasteiger partial charge in [-0.2, -0.15) is 0 Å². The SMILES string of the molecule is CCCCCCCCCCCC(=O)N(NC=O)[C@@H](C)C(=O)[O-].[Na+]. The number of unbranched alkanes of at least 4 members (excludes halogenated alkanes) is 8. The molecule has 0 spiro atoms. The molecule has 0 rings (SSSR count). The maximum Gasteiger partial charge on any atom is 1.00 e. The molecular weight excluding hydrogens is 307 g/mol. The van der Waals surface area contributed by atoms with Crippen molar-refractivity contribution >= 4 is 18.3 Å². The van der Waals surface area contributed by atoms with Crippen LogP contribution in [0.1, 0.15) is 78.1 Å². The van der Waals surface area contributed by atoms with Crippen LogP contribution in [0.15, 0.2) is 0 Å². The molecule has 6 nitrogen and oxygen atoms in total. The number of hydrazine groups is 1. The number of carboxylic acids is 1. The number of carbonyl (C=O) groups excluding carboxylic acids is 3. The minimum Gasteiger partial charge on any atom is -0.548 e. The summed E-state index contributed by atoms with van der Waals surface area (Å²) in [6.45, 7) is 3.50. The molecule has 128 valence electrons. The molecule has 0 heterocycles. The normalized spacial score (nSPS) is 11.2. The molecule has 1 atom stereocenters. The van der Waals surface area contributed by atoms with Crippen molar-refractivity contribution in [3.05, 3.63) is 0 Å². The van der Waals surface area contributed by atoms with Crippen LogP contribution in [0.5, 0.6) is 0 Å². The summed E-state index contributed by atoms with van der Waals surface area (Å²) in [5, 5.41) is 11.6. The molecule has 0 aliphatic carbocycles. The Morgan fingerprint density at radius 3 is 1.96 bits per heavy atom. The van der Waals surface area contributed by atoms with Crippen molar-refractivity contribution < 1.29 is 49.0 Å². The molecule has 0 unspecified atom stereocenters. The second-order valence-electron chi connectivity index (χ2n) is 5.58. The molecule has 1 N–H and O–H groups in total. The van der Waals surface area contributed by atoms with Crippen molar-refractivity contribution in [1.29, 1.82) is 0 Å². The Hall–Kier alpha value is -0.590. The van der Waals surface area contributed by atoms with Crippen LogP contribution in [0.3, 0.4) is 0 Å². The predicted octanol–water partition coefficient (Wildman–Crippen LogP) is -1.46. The Morgan fingerprint density at radius 2 is 1.52 bits per heavy atom. The summed E-state index contributed by atoms with van der Waals surface area (Å²) in [6.07, 6.45) is 10.8. The fourth-order valence-corrected chi connectivity index (χ4v) is 2.27. The smallest absolute Gasteiger partial charge is 0.548 e. The van der Waals surface area contributed by atoms with Gasteiger partial charge < -0.3 is 9.90 Å². The van der Waals surface area contributed by atoms with Crippen molar-refractivity contribution in [3.8, 4) is 0 Å². The Bertz CT molecular complexity index is 340. The molecule has 2 amide bonds. The second-order valence-corrected chi connectivity index (χ2v) is 5.58. The van der Waals surface area contributed by atoms with Crippen LogP contribution in [0.25, 0.3) is 0 Å². The molecule has 0 aliphatic rings. The Labute approximate surface area is 161 Å². The first-order valence-electron chi connectivity index (χ1n) is 8.27. The number of carboxylic acid groups (broad SMARTS) is 1. The van der Waals surface area contributed by atoms with Gasteiger partial charge in [0.1, 0.15) is 0 Å². The average molecular weight is 336 g/mol. The van der Waals surface area contributed by atoms with E-state index in [1.165, 1.54) is 45.4 Å². The molecule has 0 aromatic heterocycles. The zero-order valence-corrected chi connectivity index (χ0v) is 16.8. The van der Waals surface area contributed by atoms with Crippen LogP contribution in [0, 0.1) is 0 Å². The van der Waals surface area contributed by atoms with Gasteiger partial charge in [-0.1, -0.05) is 58.3 Å². The number of aliphatic carboxylic acids is 1. The van der Waals surface area contributed by atoms with Gasteiger partial charge in [-0.15, -0.1) is 0 Å². The maximum absolute atomic E-state index is 11.9. The van der Waals surface area contributed by atoms with Crippen LogP contribution in [0.4, 0.5) is 0 Å². The quantitative estimate of drug-likeness (QED) is 0.182. The number of rotatable bonds is 14. The van der Waals surface area contributed by atoms with Crippen molar-refractivity contribution in [2.24, 2.45) is 0 Å². The molecule has 0 aromatic rings. The zero-order chi connectivity index (χ0) is 16.8. The fraction of sp³-hybridized carbons (Fsp3) is 0.812. The van der Waals surface area contributed by atoms with E-state index in [0.29, 0.717) is 12.8 Å². The van der Waals surface area contributed by atoms with E-state index in [4.69, 9.17) is 0 Å². The monoisotopic (exact) mass is 336 g/mol. The van der Waals surface area contributed by atoms with E-state index >= 15 is 0 Å². The molecule has 0 saturated heterocycles. The van der Waals surface area contributed by atoms with Gasteiger partial charge in [0.15, 0.2) is 0 Å². The third kappa shape index (κ3) is 12.5. The molecule has 0 bridgehead atoms. The first-order chi connectivity index (χ1) is 10.5. The molecule has 7 heteroatoms. The Morgan fingerprint density at radius 1 is 1.04 bits per heavy atom. The van der Waals surface area contributed by atoms with Crippen LogP contribution < -0.4 is 40.1 Å². The Balaban J connectivity index is 0. The Kier molecular flexibility index (Phi) is 17.4. The van der Waals surface area contributed by atoms with Crippen molar-refractivity contribution in [2.45, 2.75) is 84.1 Å². The maximum atomic E-state index is 11.9. The van der Waals surface area contributed by atoms with Gasteiger partial charge in [0.05, 0.1) is 12.0 Å². The fourth-order valence-electron chi connectivity index (χ4n) is 2.27. The topological polar surface area (TPSA) is 89.5 Å². The van der Waals surface area contributed by atoms with E-state index in [-0.39, 0.29) is 36.0 Å².